The van der Waals surface area contributed by atoms with Gasteiger partial charge in [-0.15, -0.1) is 0 Å². The molecule has 0 unspecified atom stereocenters. The quantitative estimate of drug-likeness (QED) is 0.484. The summed E-state index contributed by atoms with van der Waals surface area (Å²) in [7, 11) is 1.89. The van der Waals surface area contributed by atoms with E-state index in [0.29, 0.717) is 17.9 Å². The number of carbonyl (C=O) groups is 2. The Kier molecular flexibility index (Phi) is 7.07. The maximum absolute atomic E-state index is 14.7. The van der Waals surface area contributed by atoms with Crippen molar-refractivity contribution < 1.29 is 33.0 Å². The van der Waals surface area contributed by atoms with Gasteiger partial charge >= 0.3 is 5.97 Å². The van der Waals surface area contributed by atoms with Gasteiger partial charge in [0.1, 0.15) is 24.3 Å². The highest BCUT2D eigenvalue weighted by molar-refractivity contribution is 6.34. The number of nitrogens with one attached hydrogen (secondary N) is 1. The molecule has 0 saturated carbocycles. The Morgan fingerprint density at radius 1 is 1.17 bits per heavy atom. The lowest BCUT2D eigenvalue weighted by Crippen LogP contribution is -2.41. The number of para-hydroxylation sites is 2. The van der Waals surface area contributed by atoms with E-state index in [9.17, 15) is 18.4 Å². The Bertz CT molecular complexity index is 1290. The zero-order valence-corrected chi connectivity index (χ0v) is 19.3. The molecule has 1 aliphatic heterocycles. The molecule has 0 spiro atoms. The zero-order chi connectivity index (χ0) is 25.1. The van der Waals surface area contributed by atoms with Crippen LogP contribution in [-0.2, 0) is 11.2 Å². The molecule has 1 heterocycles. The number of hydrogen-bond donors (Lipinski definition) is 2. The van der Waals surface area contributed by atoms with Crippen molar-refractivity contribution in [2.75, 3.05) is 30.4 Å². The maximum atomic E-state index is 14.7. The molecule has 1 aliphatic rings. The molecule has 2 N–H and O–H groups in total. The molecule has 35 heavy (non-hydrogen) atoms. The third-order valence-corrected chi connectivity index (χ3v) is 5.70. The van der Waals surface area contributed by atoms with E-state index in [1.807, 2.05) is 36.2 Å². The number of aliphatic carboxylic acids is 1. The minimum atomic E-state index is -1.07. The number of ether oxygens (including phenoxy) is 2. The minimum absolute atomic E-state index is 0.0352. The molecule has 0 bridgehead atoms. The molecule has 0 fully saturated rings. The number of nitrogens with zero attached hydrogens (tertiary/aromatic N) is 1. The number of fused-ring (bicyclic) bond motifs is 1. The van der Waals surface area contributed by atoms with Crippen molar-refractivity contribution in [2.45, 2.75) is 12.5 Å². The van der Waals surface area contributed by atoms with Gasteiger partial charge in [-0.2, -0.15) is 0 Å². The minimum Gasteiger partial charge on any atom is -0.486 e. The van der Waals surface area contributed by atoms with E-state index in [1.165, 1.54) is 18.2 Å². The van der Waals surface area contributed by atoms with Gasteiger partial charge < -0.3 is 24.8 Å². The van der Waals surface area contributed by atoms with Gasteiger partial charge in [0, 0.05) is 13.1 Å². The van der Waals surface area contributed by atoms with Gasteiger partial charge in [-0.25, -0.2) is 8.78 Å². The van der Waals surface area contributed by atoms with Crippen molar-refractivity contribution in [1.29, 1.82) is 0 Å². The van der Waals surface area contributed by atoms with Crippen LogP contribution in [0.2, 0.25) is 5.02 Å². The second-order valence-electron chi connectivity index (χ2n) is 8.00. The number of likely N-dealkylation sites (N-methyl/N-ethyl adjacent to an activating group) is 1. The van der Waals surface area contributed by atoms with Crippen LogP contribution in [-0.4, -0.2) is 43.3 Å². The predicted molar refractivity (Wildman–Crippen MR) is 127 cm³/mol. The highest BCUT2D eigenvalue weighted by atomic mass is 35.5. The van der Waals surface area contributed by atoms with Gasteiger partial charge in [0.25, 0.3) is 5.91 Å². The molecule has 0 aromatic heterocycles. The van der Waals surface area contributed by atoms with E-state index in [-0.39, 0.29) is 29.5 Å². The van der Waals surface area contributed by atoms with E-state index in [1.54, 1.807) is 0 Å². The van der Waals surface area contributed by atoms with Crippen LogP contribution in [0.5, 0.6) is 11.5 Å². The number of hydrogen-bond acceptors (Lipinski definition) is 5. The second kappa shape index (κ2) is 10.2. The monoisotopic (exact) mass is 502 g/mol. The number of carboxylic acid groups (broad SMARTS) is 1. The summed E-state index contributed by atoms with van der Waals surface area (Å²) in [5, 5.41) is 11.4. The van der Waals surface area contributed by atoms with Gasteiger partial charge in [0.2, 0.25) is 0 Å². The molecule has 4 rings (SSSR count). The molecule has 10 heteroatoms. The summed E-state index contributed by atoms with van der Waals surface area (Å²) in [6, 6.07) is 13.3. The average molecular weight is 503 g/mol. The van der Waals surface area contributed by atoms with Crippen molar-refractivity contribution in [3.63, 3.8) is 0 Å². The summed E-state index contributed by atoms with van der Waals surface area (Å²) >= 11 is 6.05. The van der Waals surface area contributed by atoms with Crippen molar-refractivity contribution in [2.24, 2.45) is 0 Å². The molecule has 3 aromatic rings. The first-order valence-electron chi connectivity index (χ1n) is 10.6. The van der Waals surface area contributed by atoms with E-state index in [2.05, 4.69) is 5.32 Å². The fourth-order valence-corrected chi connectivity index (χ4v) is 3.88. The summed E-state index contributed by atoms with van der Waals surface area (Å²) in [6.07, 6.45) is -0.707. The first-order valence-corrected chi connectivity index (χ1v) is 11.0. The fourth-order valence-electron chi connectivity index (χ4n) is 3.72. The van der Waals surface area contributed by atoms with Crippen LogP contribution >= 0.6 is 11.6 Å². The van der Waals surface area contributed by atoms with E-state index in [4.69, 9.17) is 26.2 Å². The fraction of sp³-hybridized carbons (Fsp3) is 0.200. The van der Waals surface area contributed by atoms with Crippen LogP contribution < -0.4 is 19.7 Å². The molecule has 0 saturated heterocycles. The Balaban J connectivity index is 1.44. The van der Waals surface area contributed by atoms with Gasteiger partial charge in [-0.1, -0.05) is 29.8 Å². The van der Waals surface area contributed by atoms with E-state index >= 15 is 0 Å². The molecule has 1 atom stereocenters. The second-order valence-corrected chi connectivity index (χ2v) is 8.41. The van der Waals surface area contributed by atoms with Crippen molar-refractivity contribution in [3.8, 4) is 11.5 Å². The molecule has 0 radical (unpaired) electrons. The zero-order valence-electron chi connectivity index (χ0n) is 18.6. The van der Waals surface area contributed by atoms with Crippen LogP contribution in [0.15, 0.2) is 54.6 Å². The molecular weight excluding hydrogens is 482 g/mol. The molecule has 7 nitrogen and oxygen atoms in total. The summed E-state index contributed by atoms with van der Waals surface area (Å²) in [5.74, 6) is -3.63. The molecule has 182 valence electrons. The van der Waals surface area contributed by atoms with Crippen LogP contribution in [0.3, 0.4) is 0 Å². The first-order chi connectivity index (χ1) is 16.7. The SMILES string of the molecule is CN1C[C@@H](COc2cc(F)c(C(=O)Nc3cc(CC(=O)O)ccc3Cl)cc2F)Oc2ccccc21. The maximum Gasteiger partial charge on any atom is 0.307 e. The highest BCUT2D eigenvalue weighted by Gasteiger charge is 2.25. The third kappa shape index (κ3) is 5.63. The average Bonchev–Trinajstić information content (AvgIpc) is 2.81. The van der Waals surface area contributed by atoms with Crippen molar-refractivity contribution >= 4 is 34.9 Å². The smallest absolute Gasteiger partial charge is 0.307 e. The Hall–Kier alpha value is -3.85. The summed E-state index contributed by atoms with van der Waals surface area (Å²) < 4.78 is 40.7. The lowest BCUT2D eigenvalue weighted by atomic mass is 10.1. The Morgan fingerprint density at radius 3 is 2.71 bits per heavy atom. The van der Waals surface area contributed by atoms with E-state index in [0.717, 1.165) is 17.8 Å². The topological polar surface area (TPSA) is 88.1 Å². The lowest BCUT2D eigenvalue weighted by molar-refractivity contribution is -0.136. The largest absolute Gasteiger partial charge is 0.486 e. The van der Waals surface area contributed by atoms with Gasteiger partial charge in [0.15, 0.2) is 11.6 Å². The van der Waals surface area contributed by atoms with E-state index < -0.39 is 35.2 Å². The van der Waals surface area contributed by atoms with Crippen LogP contribution in [0.1, 0.15) is 15.9 Å². The Morgan fingerprint density at radius 2 is 1.94 bits per heavy atom. The number of anilines is 2. The molecular formula is C25H21ClF2N2O5. The van der Waals surface area contributed by atoms with Crippen LogP contribution in [0.25, 0.3) is 0 Å². The summed E-state index contributed by atoms with van der Waals surface area (Å²) in [5.41, 5.74) is 0.822. The van der Waals surface area contributed by atoms with Crippen LogP contribution in [0, 0.1) is 11.6 Å². The molecule has 1 amide bonds. The van der Waals surface area contributed by atoms with Gasteiger partial charge in [-0.05, 0) is 35.9 Å². The number of carboxylic acids is 1. The van der Waals surface area contributed by atoms with Crippen LogP contribution in [0.4, 0.5) is 20.2 Å². The standard InChI is InChI=1S/C25H21ClF2N2O5/c1-30-12-15(35-22-5-3-2-4-21(22)30)13-34-23-11-18(27)16(10-19(23)28)25(33)29-20-8-14(9-24(31)32)6-7-17(20)26/h2-8,10-11,15H,9,12-13H2,1H3,(H,29,33)(H,31,32)/t15-/m0/s1. The Labute approximate surface area is 204 Å². The molecule has 3 aromatic carbocycles. The number of halogens is 3. The predicted octanol–water partition coefficient (Wildman–Crippen LogP) is 4.77. The highest BCUT2D eigenvalue weighted by Crippen LogP contribution is 2.32. The van der Waals surface area contributed by atoms with Gasteiger partial charge in [-0.3, -0.25) is 9.59 Å². The normalized spacial score (nSPS) is 14.6. The number of carbonyl (C=O) groups excluding carboxylic acids is 1. The summed E-state index contributed by atoms with van der Waals surface area (Å²) in [6.45, 7) is 0.454. The first kappa shape index (κ1) is 24.3. The number of amides is 1. The summed E-state index contributed by atoms with van der Waals surface area (Å²) in [4.78, 5) is 25.5. The van der Waals surface area contributed by atoms with Gasteiger partial charge in [0.05, 0.1) is 34.9 Å². The van der Waals surface area contributed by atoms with Crippen molar-refractivity contribution in [1.82, 2.24) is 0 Å². The number of rotatable bonds is 7. The molecule has 0 aliphatic carbocycles. The number of benzene rings is 3. The van der Waals surface area contributed by atoms with Crippen molar-refractivity contribution in [3.05, 3.63) is 82.4 Å². The lowest BCUT2D eigenvalue weighted by Gasteiger charge is -2.33. The third-order valence-electron chi connectivity index (χ3n) is 5.37.